The van der Waals surface area contributed by atoms with E-state index in [1.54, 1.807) is 7.11 Å². The summed E-state index contributed by atoms with van der Waals surface area (Å²) in [6.07, 6.45) is 4.96. The number of nitrogens with one attached hydrogen (secondary N) is 1. The van der Waals surface area contributed by atoms with E-state index in [1.165, 1.54) is 5.69 Å². The van der Waals surface area contributed by atoms with E-state index >= 15 is 0 Å². The van der Waals surface area contributed by atoms with E-state index in [-0.39, 0.29) is 0 Å². The molecule has 0 spiro atoms. The van der Waals surface area contributed by atoms with E-state index in [0.717, 1.165) is 50.5 Å². The predicted octanol–water partition coefficient (Wildman–Crippen LogP) is 2.24. The van der Waals surface area contributed by atoms with Crippen LogP contribution in [0.25, 0.3) is 0 Å². The second kappa shape index (κ2) is 7.97. The van der Waals surface area contributed by atoms with E-state index in [2.05, 4.69) is 43.3 Å². The number of hydrogen-bond acceptors (Lipinski definition) is 6. The normalized spacial score (nSPS) is 15.8. The molecule has 6 heteroatoms. The van der Waals surface area contributed by atoms with Gasteiger partial charge in [-0.3, -0.25) is 4.90 Å². The molecule has 0 amide bonds. The third-order valence-corrected chi connectivity index (χ3v) is 4.34. The van der Waals surface area contributed by atoms with Crippen LogP contribution in [0.15, 0.2) is 36.7 Å². The highest BCUT2D eigenvalue weighted by atomic mass is 16.5. The maximum absolute atomic E-state index is 5.34. The molecule has 1 aliphatic heterocycles. The summed E-state index contributed by atoms with van der Waals surface area (Å²) in [5, 5.41) is 2.95. The lowest BCUT2D eigenvalue weighted by Crippen LogP contribution is -2.30. The topological polar surface area (TPSA) is 53.5 Å². The molecule has 0 aliphatic carbocycles. The molecular formula is C18H25N5O. The van der Waals surface area contributed by atoms with E-state index in [1.807, 2.05) is 25.5 Å². The molecule has 1 fully saturated rings. The Balaban J connectivity index is 1.59. The molecule has 1 aromatic carbocycles. The van der Waals surface area contributed by atoms with Gasteiger partial charge in [-0.25, -0.2) is 9.97 Å². The fraction of sp³-hybridized carbons (Fsp3) is 0.444. The number of methoxy groups -OCH3 is 1. The average molecular weight is 327 g/mol. The fourth-order valence-electron chi connectivity index (χ4n) is 3.02. The van der Waals surface area contributed by atoms with Crippen LogP contribution >= 0.6 is 0 Å². The first-order chi connectivity index (χ1) is 11.8. The van der Waals surface area contributed by atoms with Crippen LogP contribution in [0.3, 0.4) is 0 Å². The third-order valence-electron chi connectivity index (χ3n) is 4.34. The number of rotatable bonds is 5. The molecule has 0 unspecified atom stereocenters. The number of anilines is 2. The molecule has 0 atom stereocenters. The highest BCUT2D eigenvalue weighted by Crippen LogP contribution is 2.22. The van der Waals surface area contributed by atoms with Crippen LogP contribution < -0.4 is 15.0 Å². The van der Waals surface area contributed by atoms with E-state index < -0.39 is 0 Å². The number of benzene rings is 1. The number of aromatic nitrogens is 2. The smallest absolute Gasteiger partial charge is 0.222 e. The van der Waals surface area contributed by atoms with Crippen LogP contribution in [0.5, 0.6) is 5.75 Å². The zero-order chi connectivity index (χ0) is 16.8. The Labute approximate surface area is 143 Å². The van der Waals surface area contributed by atoms with Crippen molar-refractivity contribution in [3.05, 3.63) is 42.2 Å². The Kier molecular flexibility index (Phi) is 5.48. The minimum Gasteiger partial charge on any atom is -0.497 e. The highest BCUT2D eigenvalue weighted by Gasteiger charge is 2.16. The Morgan fingerprint density at radius 1 is 1.12 bits per heavy atom. The van der Waals surface area contributed by atoms with Crippen LogP contribution in [-0.4, -0.2) is 55.2 Å². The molecular weight excluding hydrogens is 302 g/mol. The highest BCUT2D eigenvalue weighted by molar-refractivity contribution is 5.50. The summed E-state index contributed by atoms with van der Waals surface area (Å²) in [7, 11) is 3.54. The molecule has 1 aromatic heterocycles. The molecule has 6 nitrogen and oxygen atoms in total. The van der Waals surface area contributed by atoms with Crippen molar-refractivity contribution in [2.45, 2.75) is 13.0 Å². The molecule has 3 rings (SSSR count). The Morgan fingerprint density at radius 2 is 1.96 bits per heavy atom. The fourth-order valence-corrected chi connectivity index (χ4v) is 3.02. The van der Waals surface area contributed by atoms with Gasteiger partial charge in [-0.2, -0.15) is 0 Å². The van der Waals surface area contributed by atoms with Crippen LogP contribution in [0.2, 0.25) is 0 Å². The molecule has 2 heterocycles. The lowest BCUT2D eigenvalue weighted by molar-refractivity contribution is 0.285. The summed E-state index contributed by atoms with van der Waals surface area (Å²) in [5.74, 6) is 1.58. The SMILES string of the molecule is CNc1ncc(CN2CCCN(c3cccc(OC)c3)CC2)cn1. The van der Waals surface area contributed by atoms with Gasteiger partial charge in [0, 0.05) is 69.5 Å². The maximum atomic E-state index is 5.34. The first-order valence-electron chi connectivity index (χ1n) is 8.38. The maximum Gasteiger partial charge on any atom is 0.222 e. The minimum atomic E-state index is 0.666. The van der Waals surface area contributed by atoms with Gasteiger partial charge in [0.2, 0.25) is 5.95 Å². The molecule has 128 valence electrons. The number of hydrogen-bond donors (Lipinski definition) is 1. The van der Waals surface area contributed by atoms with Gasteiger partial charge in [-0.05, 0) is 18.6 Å². The van der Waals surface area contributed by atoms with Crippen LogP contribution in [0, 0.1) is 0 Å². The third kappa shape index (κ3) is 4.14. The van der Waals surface area contributed by atoms with Gasteiger partial charge in [-0.15, -0.1) is 0 Å². The van der Waals surface area contributed by atoms with Crippen molar-refractivity contribution >= 4 is 11.6 Å². The van der Waals surface area contributed by atoms with Crippen molar-refractivity contribution in [3.8, 4) is 5.75 Å². The quantitative estimate of drug-likeness (QED) is 0.909. The van der Waals surface area contributed by atoms with Gasteiger partial charge >= 0.3 is 0 Å². The summed E-state index contributed by atoms with van der Waals surface area (Å²) >= 11 is 0. The lowest BCUT2D eigenvalue weighted by atomic mass is 10.2. The average Bonchev–Trinajstić information content (AvgIpc) is 2.88. The van der Waals surface area contributed by atoms with E-state index in [9.17, 15) is 0 Å². The van der Waals surface area contributed by atoms with Gasteiger partial charge in [0.1, 0.15) is 5.75 Å². The van der Waals surface area contributed by atoms with E-state index in [4.69, 9.17) is 4.74 Å². The zero-order valence-corrected chi connectivity index (χ0v) is 14.4. The summed E-state index contributed by atoms with van der Waals surface area (Å²) in [5.41, 5.74) is 2.39. The lowest BCUT2D eigenvalue weighted by Gasteiger charge is -2.24. The van der Waals surface area contributed by atoms with Crippen LogP contribution in [0.1, 0.15) is 12.0 Å². The molecule has 24 heavy (non-hydrogen) atoms. The van der Waals surface area contributed by atoms with Crippen LogP contribution in [-0.2, 0) is 6.54 Å². The van der Waals surface area contributed by atoms with Gasteiger partial charge in [0.15, 0.2) is 0 Å². The second-order valence-electron chi connectivity index (χ2n) is 5.98. The van der Waals surface area contributed by atoms with Gasteiger partial charge in [0.05, 0.1) is 7.11 Å². The van der Waals surface area contributed by atoms with Crippen molar-refractivity contribution in [2.24, 2.45) is 0 Å². The standard InChI is InChI=1S/C18H25N5O/c1-19-18-20-12-15(13-21-18)14-22-7-4-8-23(10-9-22)16-5-3-6-17(11-16)24-2/h3,5-6,11-13H,4,7-10,14H2,1-2H3,(H,19,20,21). The Hall–Kier alpha value is -2.34. The van der Waals surface area contributed by atoms with Crippen molar-refractivity contribution < 1.29 is 4.74 Å². The van der Waals surface area contributed by atoms with Crippen molar-refractivity contribution in [1.29, 1.82) is 0 Å². The Bertz CT molecular complexity index is 646. The molecule has 0 saturated carbocycles. The first-order valence-corrected chi connectivity index (χ1v) is 8.38. The first kappa shape index (κ1) is 16.5. The van der Waals surface area contributed by atoms with Crippen molar-refractivity contribution in [3.63, 3.8) is 0 Å². The zero-order valence-electron chi connectivity index (χ0n) is 14.4. The molecule has 0 radical (unpaired) electrons. The van der Waals surface area contributed by atoms with Crippen molar-refractivity contribution in [1.82, 2.24) is 14.9 Å². The van der Waals surface area contributed by atoms with Crippen molar-refractivity contribution in [2.75, 3.05) is 50.6 Å². The number of nitrogens with zero attached hydrogens (tertiary/aromatic N) is 4. The molecule has 1 saturated heterocycles. The second-order valence-corrected chi connectivity index (χ2v) is 5.98. The van der Waals surface area contributed by atoms with E-state index in [0.29, 0.717) is 5.95 Å². The Morgan fingerprint density at radius 3 is 2.71 bits per heavy atom. The number of ether oxygens (including phenoxy) is 1. The van der Waals surface area contributed by atoms with Gasteiger partial charge in [0.25, 0.3) is 0 Å². The van der Waals surface area contributed by atoms with Gasteiger partial charge < -0.3 is 15.0 Å². The summed E-state index contributed by atoms with van der Waals surface area (Å²) in [6, 6.07) is 8.31. The summed E-state index contributed by atoms with van der Waals surface area (Å²) < 4.78 is 5.34. The predicted molar refractivity (Wildman–Crippen MR) is 96.7 cm³/mol. The largest absolute Gasteiger partial charge is 0.497 e. The monoisotopic (exact) mass is 327 g/mol. The summed E-state index contributed by atoms with van der Waals surface area (Å²) in [4.78, 5) is 13.5. The molecule has 0 bridgehead atoms. The molecule has 2 aromatic rings. The molecule has 1 aliphatic rings. The van der Waals surface area contributed by atoms with Gasteiger partial charge in [-0.1, -0.05) is 6.07 Å². The molecule has 1 N–H and O–H groups in total. The summed E-state index contributed by atoms with van der Waals surface area (Å²) in [6.45, 7) is 5.11. The van der Waals surface area contributed by atoms with Crippen LogP contribution in [0.4, 0.5) is 11.6 Å². The minimum absolute atomic E-state index is 0.666.